The summed E-state index contributed by atoms with van der Waals surface area (Å²) in [6.07, 6.45) is -5.05. The highest BCUT2D eigenvalue weighted by atomic mass is 19.4. The molecule has 11 heteroatoms. The first-order valence-corrected chi connectivity index (χ1v) is 11.3. The molecule has 7 nitrogen and oxygen atoms in total. The van der Waals surface area contributed by atoms with Crippen LogP contribution in [-0.2, 0) is 24.0 Å². The van der Waals surface area contributed by atoms with E-state index < -0.39 is 29.1 Å². The van der Waals surface area contributed by atoms with Crippen LogP contribution in [0.15, 0.2) is 69.9 Å². The van der Waals surface area contributed by atoms with Crippen LogP contribution in [0.5, 0.6) is 17.2 Å². The summed E-state index contributed by atoms with van der Waals surface area (Å²) in [5.41, 5.74) is -0.0955. The van der Waals surface area contributed by atoms with Gasteiger partial charge in [0.15, 0.2) is 0 Å². The Morgan fingerprint density at radius 1 is 1.03 bits per heavy atom. The summed E-state index contributed by atoms with van der Waals surface area (Å²) in [4.78, 5) is 26.7. The number of fused-ring (bicyclic) bond motifs is 3. The van der Waals surface area contributed by atoms with Gasteiger partial charge in [0.25, 0.3) is 5.76 Å². The molecule has 0 aliphatic carbocycles. The zero-order valence-corrected chi connectivity index (χ0v) is 19.8. The van der Waals surface area contributed by atoms with E-state index in [-0.39, 0.29) is 52.7 Å². The fourth-order valence-corrected chi connectivity index (χ4v) is 4.12. The van der Waals surface area contributed by atoms with Crippen molar-refractivity contribution < 1.29 is 41.0 Å². The summed E-state index contributed by atoms with van der Waals surface area (Å²) >= 11 is 0. The van der Waals surface area contributed by atoms with Crippen molar-refractivity contribution in [2.75, 3.05) is 13.8 Å². The molecular weight excluding hydrogens is 510 g/mol. The van der Waals surface area contributed by atoms with E-state index >= 15 is 0 Å². The molecule has 1 aromatic heterocycles. The smallest absolute Gasteiger partial charge is 0.453 e. The Kier molecular flexibility index (Phi) is 6.53. The van der Waals surface area contributed by atoms with Crippen LogP contribution in [-0.4, -0.2) is 24.7 Å². The first kappa shape index (κ1) is 25.3. The number of carbonyl (C=O) groups excluding carboxylic acids is 1. The van der Waals surface area contributed by atoms with Gasteiger partial charge in [-0.1, -0.05) is 12.1 Å². The lowest BCUT2D eigenvalue weighted by Gasteiger charge is -2.29. The number of nitrogens with zero attached hydrogens (tertiary/aromatic N) is 1. The molecule has 4 aromatic rings. The van der Waals surface area contributed by atoms with Crippen molar-refractivity contribution >= 4 is 16.9 Å². The minimum absolute atomic E-state index is 0.110. The fourth-order valence-electron chi connectivity index (χ4n) is 4.12. The maximum atomic E-state index is 14.1. The van der Waals surface area contributed by atoms with Gasteiger partial charge in [-0.3, -0.25) is 9.69 Å². The van der Waals surface area contributed by atoms with Crippen molar-refractivity contribution in [2.45, 2.75) is 19.3 Å². The van der Waals surface area contributed by atoms with Crippen LogP contribution < -0.4 is 14.9 Å². The summed E-state index contributed by atoms with van der Waals surface area (Å²) in [6, 6.07) is 13.7. The van der Waals surface area contributed by atoms with Crippen molar-refractivity contribution in [3.63, 3.8) is 0 Å². The minimum atomic E-state index is -5.05. The summed E-state index contributed by atoms with van der Waals surface area (Å²) < 4.78 is 76.4. The van der Waals surface area contributed by atoms with Gasteiger partial charge >= 0.3 is 12.1 Å². The van der Waals surface area contributed by atoms with E-state index in [2.05, 4.69) is 4.74 Å². The lowest BCUT2D eigenvalue weighted by atomic mass is 10.1. The Bertz CT molecular complexity index is 1560. The zero-order valence-electron chi connectivity index (χ0n) is 19.8. The third kappa shape index (κ3) is 4.92. The van der Waals surface area contributed by atoms with Crippen LogP contribution in [0, 0.1) is 5.82 Å². The van der Waals surface area contributed by atoms with Gasteiger partial charge in [0.1, 0.15) is 29.6 Å². The first-order valence-electron chi connectivity index (χ1n) is 11.3. The monoisotopic (exact) mass is 529 g/mol. The second kappa shape index (κ2) is 9.82. The topological polar surface area (TPSA) is 78.2 Å². The predicted molar refractivity (Wildman–Crippen MR) is 126 cm³/mol. The highest BCUT2D eigenvalue weighted by Crippen LogP contribution is 2.41. The third-order valence-corrected chi connectivity index (χ3v) is 5.94. The average Bonchev–Trinajstić information content (AvgIpc) is 2.90. The average molecular weight is 529 g/mol. The van der Waals surface area contributed by atoms with Crippen molar-refractivity contribution in [3.05, 3.63) is 99.2 Å². The van der Waals surface area contributed by atoms with Crippen LogP contribution in [0.3, 0.4) is 0 Å². The largest absolute Gasteiger partial charge is 0.478 e. The van der Waals surface area contributed by atoms with Crippen LogP contribution in [0.2, 0.25) is 0 Å². The van der Waals surface area contributed by atoms with Gasteiger partial charge in [0.2, 0.25) is 11.2 Å². The Morgan fingerprint density at radius 2 is 1.74 bits per heavy atom. The van der Waals surface area contributed by atoms with Gasteiger partial charge in [0, 0.05) is 13.1 Å². The molecule has 1 aliphatic heterocycles. The number of hydrogen-bond donors (Lipinski definition) is 0. The van der Waals surface area contributed by atoms with Gasteiger partial charge in [0.05, 0.1) is 23.6 Å². The first-order chi connectivity index (χ1) is 18.1. The predicted octanol–water partition coefficient (Wildman–Crippen LogP) is 5.88. The highest BCUT2D eigenvalue weighted by molar-refractivity contribution is 5.89. The molecule has 5 rings (SSSR count). The molecule has 0 spiro atoms. The maximum Gasteiger partial charge on any atom is 0.453 e. The Balaban J connectivity index is 1.54. The van der Waals surface area contributed by atoms with E-state index in [1.165, 1.54) is 55.6 Å². The van der Waals surface area contributed by atoms with Crippen molar-refractivity contribution in [2.24, 2.45) is 0 Å². The van der Waals surface area contributed by atoms with Crippen LogP contribution in [0.4, 0.5) is 17.6 Å². The molecule has 196 valence electrons. The van der Waals surface area contributed by atoms with Gasteiger partial charge in [-0.05, 0) is 54.1 Å². The van der Waals surface area contributed by atoms with Crippen LogP contribution in [0.1, 0.15) is 27.2 Å². The summed E-state index contributed by atoms with van der Waals surface area (Å²) in [5, 5.41) is -0.120. The maximum absolute atomic E-state index is 14.1. The number of rotatable bonds is 5. The normalized spacial score (nSPS) is 13.6. The lowest BCUT2D eigenvalue weighted by Crippen LogP contribution is -2.32. The summed E-state index contributed by atoms with van der Waals surface area (Å²) in [7, 11) is 1.19. The molecule has 0 unspecified atom stereocenters. The van der Waals surface area contributed by atoms with E-state index in [4.69, 9.17) is 13.9 Å². The molecular formula is C27H19F4NO6. The third-order valence-electron chi connectivity index (χ3n) is 5.94. The molecule has 38 heavy (non-hydrogen) atoms. The van der Waals surface area contributed by atoms with E-state index in [0.717, 1.165) is 5.56 Å². The molecule has 1 aliphatic rings. The Labute approximate surface area is 212 Å². The van der Waals surface area contributed by atoms with Gasteiger partial charge < -0.3 is 18.6 Å². The number of benzene rings is 3. The van der Waals surface area contributed by atoms with Crippen molar-refractivity contribution in [1.29, 1.82) is 0 Å². The number of carbonyl (C=O) groups is 1. The van der Waals surface area contributed by atoms with Gasteiger partial charge in [-0.15, -0.1) is 0 Å². The standard InChI is InChI=1S/C27H19F4NO6/c1-35-26(34)16-4-8-18(9-5-16)37-24-22(33)19-10-11-21-20(23(19)38-25(24)27(29,30)31)13-32(14-36-21)12-15-2-6-17(28)7-3-15/h2-11H,12-14H2,1H3. The van der Waals surface area contributed by atoms with E-state index in [1.54, 1.807) is 17.0 Å². The molecule has 0 radical (unpaired) electrons. The molecule has 2 heterocycles. The van der Waals surface area contributed by atoms with Crippen molar-refractivity contribution in [1.82, 2.24) is 4.90 Å². The van der Waals surface area contributed by atoms with Crippen LogP contribution in [0.25, 0.3) is 11.0 Å². The van der Waals surface area contributed by atoms with E-state index in [9.17, 15) is 27.2 Å². The van der Waals surface area contributed by atoms with Gasteiger partial charge in [-0.2, -0.15) is 13.2 Å². The molecule has 0 bridgehead atoms. The van der Waals surface area contributed by atoms with E-state index in [0.29, 0.717) is 6.54 Å². The lowest BCUT2D eigenvalue weighted by molar-refractivity contribution is -0.154. The SMILES string of the molecule is COC(=O)c1ccc(Oc2c(C(F)(F)F)oc3c4c(ccc3c2=O)OCN(Cc2ccc(F)cc2)C4)cc1. The molecule has 0 N–H and O–H groups in total. The zero-order chi connectivity index (χ0) is 27.0. The molecule has 0 amide bonds. The molecule has 0 atom stereocenters. The van der Waals surface area contributed by atoms with Gasteiger partial charge in [-0.25, -0.2) is 9.18 Å². The second-order valence-electron chi connectivity index (χ2n) is 8.51. The molecule has 0 saturated heterocycles. The fraction of sp³-hybridized carbons (Fsp3) is 0.185. The van der Waals surface area contributed by atoms with Crippen LogP contribution >= 0.6 is 0 Å². The Morgan fingerprint density at radius 3 is 2.39 bits per heavy atom. The summed E-state index contributed by atoms with van der Waals surface area (Å²) in [5.74, 6) is -3.48. The number of methoxy groups -OCH3 is 1. The second-order valence-corrected chi connectivity index (χ2v) is 8.51. The number of halogens is 4. The quantitative estimate of drug-likeness (QED) is 0.236. The van der Waals surface area contributed by atoms with Crippen molar-refractivity contribution in [3.8, 4) is 17.2 Å². The van der Waals surface area contributed by atoms with E-state index in [1.807, 2.05) is 0 Å². The number of alkyl halides is 3. The summed E-state index contributed by atoms with van der Waals surface area (Å²) in [6.45, 7) is 0.587. The Hall–Kier alpha value is -4.38. The molecule has 0 saturated carbocycles. The highest BCUT2D eigenvalue weighted by Gasteiger charge is 2.41. The number of ether oxygens (including phenoxy) is 3. The minimum Gasteiger partial charge on any atom is -0.478 e. The number of hydrogen-bond acceptors (Lipinski definition) is 7. The molecule has 0 fully saturated rings. The number of esters is 1. The molecule has 3 aromatic carbocycles.